The molecule has 2 aliphatic carbocycles. The third-order valence-corrected chi connectivity index (χ3v) is 12.5. The number of aromatic hydroxyl groups is 1. The molecule has 234 valence electrons. The number of carboxylic acid groups (broad SMARTS) is 1. The molecule has 45 heavy (non-hydrogen) atoms. The minimum Gasteiger partial charge on any atom is -0.508 e. The van der Waals surface area contributed by atoms with Crippen LogP contribution < -0.4 is 14.9 Å². The van der Waals surface area contributed by atoms with Gasteiger partial charge in [-0.1, -0.05) is 27.3 Å². The quantitative estimate of drug-likeness (QED) is 0.187. The number of halogens is 1. The molecule has 3 aromatic rings. The number of carboxylic acids is 1. The molecule has 6 unspecified atom stereocenters. The number of nitrogens with zero attached hydrogens (tertiary/aromatic N) is 1. The zero-order chi connectivity index (χ0) is 31.6. The van der Waals surface area contributed by atoms with Crippen molar-refractivity contribution in [1.29, 1.82) is 0 Å². The summed E-state index contributed by atoms with van der Waals surface area (Å²) in [6.07, 6.45) is 0.811. The van der Waals surface area contributed by atoms with Crippen LogP contribution in [-0.4, -0.2) is 62.2 Å². The normalized spacial score (nSPS) is 27.7. The van der Waals surface area contributed by atoms with Gasteiger partial charge in [-0.25, -0.2) is 0 Å². The number of ether oxygens (including phenoxy) is 1. The van der Waals surface area contributed by atoms with Gasteiger partial charge in [-0.05, 0) is 73.1 Å². The minimum absolute atomic E-state index is 0.0284. The number of nitrogens with one attached hydrogen (secondary N) is 2. The van der Waals surface area contributed by atoms with E-state index in [-0.39, 0.29) is 83.3 Å². The van der Waals surface area contributed by atoms with Crippen LogP contribution in [0.5, 0.6) is 11.5 Å². The number of phenolic OH excluding ortho intramolecular Hbond substituents is 1. The first-order valence-electron chi connectivity index (χ1n) is 14.6. The largest absolute Gasteiger partial charge is 0.508 e. The predicted molar refractivity (Wildman–Crippen MR) is 168 cm³/mol. The Balaban J connectivity index is 1.20. The molecule has 0 radical (unpaired) electrons. The Morgan fingerprint density at radius 3 is 2.53 bits per heavy atom. The third-order valence-electron chi connectivity index (χ3n) is 9.40. The predicted octanol–water partition coefficient (Wildman–Crippen LogP) is 4.26. The van der Waals surface area contributed by atoms with E-state index >= 15 is 0 Å². The molecule has 3 heterocycles. The van der Waals surface area contributed by atoms with Crippen molar-refractivity contribution < 1.29 is 34.1 Å². The molecule has 3 fully saturated rings. The second-order valence-corrected chi connectivity index (χ2v) is 15.0. The maximum absolute atomic E-state index is 13.7. The summed E-state index contributed by atoms with van der Waals surface area (Å²) in [6.45, 7) is -0.185. The van der Waals surface area contributed by atoms with Crippen molar-refractivity contribution in [2.75, 3.05) is 18.5 Å². The van der Waals surface area contributed by atoms with E-state index in [1.54, 1.807) is 30.0 Å². The van der Waals surface area contributed by atoms with Crippen molar-refractivity contribution in [3.8, 4) is 11.5 Å². The second-order valence-electron chi connectivity index (χ2n) is 11.9. The number of amides is 3. The first kappa shape index (κ1) is 30.1. The van der Waals surface area contributed by atoms with Crippen molar-refractivity contribution in [3.63, 3.8) is 0 Å². The van der Waals surface area contributed by atoms with Crippen LogP contribution in [0.15, 0.2) is 56.8 Å². The first-order chi connectivity index (χ1) is 21.6. The lowest BCUT2D eigenvalue weighted by molar-refractivity contribution is -0.142. The molecule has 4 N–H and O–H groups in total. The highest BCUT2D eigenvalue weighted by atomic mass is 79.9. The smallest absolute Gasteiger partial charge is 0.305 e. The molecule has 11 nitrogen and oxygen atoms in total. The first-order valence-corrected chi connectivity index (χ1v) is 17.1. The molecule has 3 amide bonds. The summed E-state index contributed by atoms with van der Waals surface area (Å²) in [5.41, 5.74) is 1.29. The van der Waals surface area contributed by atoms with Crippen LogP contribution in [0.4, 0.5) is 5.69 Å². The van der Waals surface area contributed by atoms with Crippen LogP contribution in [0.25, 0.3) is 0 Å². The van der Waals surface area contributed by atoms with Crippen LogP contribution in [0.1, 0.15) is 35.6 Å². The fourth-order valence-corrected chi connectivity index (χ4v) is 11.1. The molecule has 1 saturated heterocycles. The number of carbonyl (C=O) groups is 4. The van der Waals surface area contributed by atoms with Crippen molar-refractivity contribution in [2.45, 2.75) is 35.5 Å². The number of imide groups is 1. The third kappa shape index (κ3) is 5.26. The lowest BCUT2D eigenvalue weighted by atomic mass is 9.68. The van der Waals surface area contributed by atoms with Crippen molar-refractivity contribution >= 4 is 68.4 Å². The summed E-state index contributed by atoms with van der Waals surface area (Å²) in [5, 5.41) is 22.1. The highest BCUT2D eigenvalue weighted by Crippen LogP contribution is 2.69. The van der Waals surface area contributed by atoms with Gasteiger partial charge in [-0.15, -0.1) is 11.8 Å². The molecule has 2 aromatic carbocycles. The van der Waals surface area contributed by atoms with Gasteiger partial charge >= 0.3 is 10.8 Å². The number of thioether (sulfide) groups is 1. The molecular formula is C31H28BrN3O8S2. The highest BCUT2D eigenvalue weighted by Gasteiger charge is 2.69. The molecule has 2 bridgehead atoms. The van der Waals surface area contributed by atoms with Crippen molar-refractivity contribution in [2.24, 2.45) is 29.6 Å². The number of aliphatic carboxylic acids is 1. The number of H-pyrrole nitrogens is 1. The van der Waals surface area contributed by atoms with Gasteiger partial charge in [0.25, 0.3) is 5.91 Å². The Bertz CT molecular complexity index is 1770. The molecule has 14 heteroatoms. The van der Waals surface area contributed by atoms with Crippen LogP contribution in [0.2, 0.25) is 0 Å². The lowest BCUT2D eigenvalue weighted by Gasteiger charge is -2.43. The van der Waals surface area contributed by atoms with E-state index in [0.717, 1.165) is 31.3 Å². The zero-order valence-electron chi connectivity index (χ0n) is 23.6. The molecule has 7 atom stereocenters. The number of carbonyl (C=O) groups excluding carboxylic acids is 3. The summed E-state index contributed by atoms with van der Waals surface area (Å²) in [6, 6.07) is 11.6. The van der Waals surface area contributed by atoms with Crippen molar-refractivity contribution in [3.05, 3.63) is 67.0 Å². The van der Waals surface area contributed by atoms with E-state index < -0.39 is 17.8 Å². The molecule has 0 spiro atoms. The van der Waals surface area contributed by atoms with Gasteiger partial charge in [-0.2, -0.15) is 0 Å². The molecule has 2 aliphatic heterocycles. The van der Waals surface area contributed by atoms with Gasteiger partial charge in [0.1, 0.15) is 11.5 Å². The summed E-state index contributed by atoms with van der Waals surface area (Å²) in [5.74, 6) is -2.74. The molecule has 4 aliphatic rings. The summed E-state index contributed by atoms with van der Waals surface area (Å²) in [4.78, 5) is 68.7. The number of anilines is 1. The number of hydrogen-bond acceptors (Lipinski definition) is 9. The molecular weight excluding hydrogens is 686 g/mol. The number of thiazole rings is 1. The molecule has 1 aromatic heterocycles. The van der Waals surface area contributed by atoms with Crippen LogP contribution in [-0.2, 0) is 19.2 Å². The van der Waals surface area contributed by atoms with E-state index in [2.05, 4.69) is 26.2 Å². The fraction of sp³-hybridized carbons (Fsp3) is 0.387. The van der Waals surface area contributed by atoms with E-state index in [9.17, 15) is 29.1 Å². The summed E-state index contributed by atoms with van der Waals surface area (Å²) >= 11 is 6.29. The number of fused-ring (bicyclic) bond motifs is 9. The Kier molecular flexibility index (Phi) is 7.77. The van der Waals surface area contributed by atoms with Crippen LogP contribution in [0.3, 0.4) is 0 Å². The number of rotatable bonds is 9. The average Bonchev–Trinajstić information content (AvgIpc) is 3.73. The van der Waals surface area contributed by atoms with Gasteiger partial charge in [0.2, 0.25) is 11.8 Å². The lowest BCUT2D eigenvalue weighted by Crippen LogP contribution is -2.42. The van der Waals surface area contributed by atoms with Gasteiger partial charge < -0.3 is 25.3 Å². The van der Waals surface area contributed by atoms with Gasteiger partial charge in [-0.3, -0.25) is 28.9 Å². The SMILES string of the molecule is O=C(O)CCCN1C(=O)C2C3CC(C2C1=O)C1C3Sc2[nH]c(=O)sc2[C@@H]1c1cc(Br)ccc1OCC(=O)Nc1ccc(O)cc1. The Hall–Kier alpha value is -3.62. The number of aromatic nitrogens is 1. The Morgan fingerprint density at radius 2 is 1.80 bits per heavy atom. The van der Waals surface area contributed by atoms with E-state index in [1.807, 2.05) is 12.1 Å². The maximum Gasteiger partial charge on any atom is 0.305 e. The minimum atomic E-state index is -0.968. The number of phenols is 1. The van der Waals surface area contributed by atoms with Crippen LogP contribution >= 0.6 is 39.0 Å². The number of aromatic amines is 1. The zero-order valence-corrected chi connectivity index (χ0v) is 26.8. The Labute approximate surface area is 273 Å². The van der Waals surface area contributed by atoms with E-state index in [0.29, 0.717) is 17.9 Å². The van der Waals surface area contributed by atoms with Gasteiger partial charge in [0.05, 0.1) is 16.9 Å². The van der Waals surface area contributed by atoms with Crippen LogP contribution in [0, 0.1) is 29.6 Å². The summed E-state index contributed by atoms with van der Waals surface area (Å²) in [7, 11) is 0. The fourth-order valence-electron chi connectivity index (χ4n) is 7.81. The number of benzene rings is 2. The number of hydrogen-bond donors (Lipinski definition) is 4. The number of likely N-dealkylation sites (tertiary alicyclic amines) is 1. The highest BCUT2D eigenvalue weighted by molar-refractivity contribution is 9.10. The van der Waals surface area contributed by atoms with E-state index in [1.165, 1.54) is 17.0 Å². The second kappa shape index (κ2) is 11.6. The maximum atomic E-state index is 13.7. The summed E-state index contributed by atoms with van der Waals surface area (Å²) < 4.78 is 6.90. The average molecular weight is 715 g/mol. The monoisotopic (exact) mass is 713 g/mol. The molecule has 2 saturated carbocycles. The van der Waals surface area contributed by atoms with Gasteiger partial charge in [0, 0.05) is 44.7 Å². The Morgan fingerprint density at radius 1 is 1.07 bits per heavy atom. The van der Waals surface area contributed by atoms with Crippen molar-refractivity contribution in [1.82, 2.24) is 9.88 Å². The van der Waals surface area contributed by atoms with Gasteiger partial charge in [0.15, 0.2) is 6.61 Å². The topological polar surface area (TPSA) is 166 Å². The standard InChI is InChI=1S/C31H28BrN3O8S2/c32-13-3-8-19(43-12-20(37)33-14-4-6-15(36)7-5-14)16(10-13)22-23-17-11-18(26(23)44-28-27(22)45-31(42)34-28)25-24(17)29(40)35(30(25)41)9-1-2-21(38)39/h3-8,10,17-18,22-26,36H,1-2,9,11-12H2,(H,33,37)(H,34,42)(H,38,39)/t17?,18?,22-,23?,24?,25?,26?/m1/s1. The van der Waals surface area contributed by atoms with E-state index in [4.69, 9.17) is 9.84 Å². The molecule has 7 rings (SSSR count).